The summed E-state index contributed by atoms with van der Waals surface area (Å²) in [6.45, 7) is -0.194. The number of amides is 1. The van der Waals surface area contributed by atoms with Crippen molar-refractivity contribution in [1.82, 2.24) is 0 Å². The van der Waals surface area contributed by atoms with Crippen LogP contribution in [0.25, 0.3) is 0 Å². The second-order valence-corrected chi connectivity index (χ2v) is 4.22. The van der Waals surface area contributed by atoms with E-state index in [2.05, 4.69) is 17.2 Å². The molecule has 5 heteroatoms. The van der Waals surface area contributed by atoms with Gasteiger partial charge in [-0.05, 0) is 24.5 Å². The number of methoxy groups -OCH3 is 1. The van der Waals surface area contributed by atoms with Crippen molar-refractivity contribution in [2.24, 2.45) is 0 Å². The Hall–Kier alpha value is -1.64. The van der Waals surface area contributed by atoms with Crippen molar-refractivity contribution in [2.45, 2.75) is 0 Å². The van der Waals surface area contributed by atoms with E-state index >= 15 is 0 Å². The number of carbonyl (C=O) groups excluding carboxylic acids is 1. The molecule has 0 saturated carbocycles. The fourth-order valence-corrected chi connectivity index (χ4v) is 1.68. The molecule has 0 saturated heterocycles. The zero-order valence-electron chi connectivity index (χ0n) is 10.3. The molecule has 4 nitrogen and oxygen atoms in total. The average Bonchev–Trinajstić information content (AvgIpc) is 2.37. The van der Waals surface area contributed by atoms with Gasteiger partial charge in [-0.3, -0.25) is 4.79 Å². The molecule has 0 spiro atoms. The topological polar surface area (TPSA) is 58.6 Å². The van der Waals surface area contributed by atoms with Crippen molar-refractivity contribution in [3.8, 4) is 17.6 Å². The van der Waals surface area contributed by atoms with Gasteiger partial charge in [0, 0.05) is 5.56 Å². The normalized spacial score (nSPS) is 9.28. The van der Waals surface area contributed by atoms with E-state index < -0.39 is 0 Å². The maximum Gasteiger partial charge on any atom is 0.234 e. The van der Waals surface area contributed by atoms with Crippen LogP contribution in [0.15, 0.2) is 18.2 Å². The summed E-state index contributed by atoms with van der Waals surface area (Å²) in [5, 5.41) is 11.4. The SMILES string of the molecule is COc1ccc(C#CCO)cc1NC(=O)CSC. The van der Waals surface area contributed by atoms with Gasteiger partial charge in [-0.2, -0.15) is 11.8 Å². The summed E-state index contributed by atoms with van der Waals surface area (Å²) in [5.41, 5.74) is 1.30. The number of hydrogen-bond acceptors (Lipinski definition) is 4. The van der Waals surface area contributed by atoms with Gasteiger partial charge in [0.15, 0.2) is 0 Å². The van der Waals surface area contributed by atoms with Gasteiger partial charge in [0.1, 0.15) is 12.4 Å². The molecule has 0 aromatic heterocycles. The molecule has 18 heavy (non-hydrogen) atoms. The molecule has 0 aliphatic rings. The van der Waals surface area contributed by atoms with E-state index in [1.54, 1.807) is 25.3 Å². The predicted octanol–water partition coefficient (Wildman–Crippen LogP) is 1.34. The second-order valence-electron chi connectivity index (χ2n) is 3.36. The number of ether oxygens (including phenoxy) is 1. The molecular formula is C13H15NO3S. The maximum atomic E-state index is 11.5. The van der Waals surface area contributed by atoms with Crippen LogP contribution in [0, 0.1) is 11.8 Å². The molecule has 1 aromatic rings. The van der Waals surface area contributed by atoms with E-state index in [0.29, 0.717) is 22.8 Å². The maximum absolute atomic E-state index is 11.5. The summed E-state index contributed by atoms with van der Waals surface area (Å²) in [6, 6.07) is 5.22. The minimum atomic E-state index is -0.194. The van der Waals surface area contributed by atoms with Crippen LogP contribution in [0.2, 0.25) is 0 Å². The second kappa shape index (κ2) is 7.64. The fourth-order valence-electron chi connectivity index (χ4n) is 1.34. The highest BCUT2D eigenvalue weighted by molar-refractivity contribution is 7.99. The summed E-state index contributed by atoms with van der Waals surface area (Å²) >= 11 is 1.45. The molecule has 0 aliphatic heterocycles. The van der Waals surface area contributed by atoms with Gasteiger partial charge < -0.3 is 15.2 Å². The van der Waals surface area contributed by atoms with Crippen molar-refractivity contribution in [2.75, 3.05) is 31.0 Å². The molecule has 96 valence electrons. The monoisotopic (exact) mass is 265 g/mol. The average molecular weight is 265 g/mol. The van der Waals surface area contributed by atoms with Crippen LogP contribution in [-0.2, 0) is 4.79 Å². The lowest BCUT2D eigenvalue weighted by atomic mass is 10.2. The smallest absolute Gasteiger partial charge is 0.234 e. The van der Waals surface area contributed by atoms with Gasteiger partial charge >= 0.3 is 0 Å². The van der Waals surface area contributed by atoms with Crippen LogP contribution in [0.3, 0.4) is 0 Å². The first-order valence-electron chi connectivity index (χ1n) is 5.27. The molecule has 1 amide bonds. The third-order valence-electron chi connectivity index (χ3n) is 2.06. The lowest BCUT2D eigenvalue weighted by Crippen LogP contribution is -2.14. The molecule has 0 radical (unpaired) electrons. The minimum absolute atomic E-state index is 0.0898. The number of thioether (sulfide) groups is 1. The van der Waals surface area contributed by atoms with Crippen LogP contribution in [-0.4, -0.2) is 36.7 Å². The molecule has 0 aliphatic carbocycles. The molecule has 0 unspecified atom stereocenters. The van der Waals surface area contributed by atoms with Crippen molar-refractivity contribution in [3.05, 3.63) is 23.8 Å². The Kier molecular flexibility index (Phi) is 6.12. The molecular weight excluding hydrogens is 250 g/mol. The zero-order chi connectivity index (χ0) is 13.4. The van der Waals surface area contributed by atoms with Gasteiger partial charge in [-0.25, -0.2) is 0 Å². The van der Waals surface area contributed by atoms with E-state index in [1.807, 2.05) is 6.26 Å². The number of aliphatic hydroxyl groups excluding tert-OH is 1. The Bertz CT molecular complexity index is 477. The fraction of sp³-hybridized carbons (Fsp3) is 0.308. The Morgan fingerprint density at radius 2 is 2.33 bits per heavy atom. The summed E-state index contributed by atoms with van der Waals surface area (Å²) in [5.74, 6) is 6.21. The number of anilines is 1. The Morgan fingerprint density at radius 3 is 2.94 bits per heavy atom. The molecule has 1 aromatic carbocycles. The molecule has 0 fully saturated rings. The number of rotatable bonds is 4. The first-order chi connectivity index (χ1) is 8.71. The summed E-state index contributed by atoms with van der Waals surface area (Å²) in [7, 11) is 1.54. The van der Waals surface area contributed by atoms with Gasteiger partial charge in [0.05, 0.1) is 18.6 Å². The van der Waals surface area contributed by atoms with Crippen molar-refractivity contribution < 1.29 is 14.6 Å². The predicted molar refractivity (Wildman–Crippen MR) is 74.0 cm³/mol. The molecule has 0 bridgehead atoms. The first-order valence-corrected chi connectivity index (χ1v) is 6.67. The highest BCUT2D eigenvalue weighted by Crippen LogP contribution is 2.25. The van der Waals surface area contributed by atoms with Crippen LogP contribution in [0.1, 0.15) is 5.56 Å². The van der Waals surface area contributed by atoms with E-state index in [1.165, 1.54) is 11.8 Å². The lowest BCUT2D eigenvalue weighted by Gasteiger charge is -2.10. The van der Waals surface area contributed by atoms with E-state index in [0.717, 1.165) is 0 Å². The van der Waals surface area contributed by atoms with E-state index in [4.69, 9.17) is 9.84 Å². The largest absolute Gasteiger partial charge is 0.495 e. The first kappa shape index (κ1) is 14.4. The number of nitrogens with one attached hydrogen (secondary N) is 1. The summed E-state index contributed by atoms with van der Waals surface area (Å²) in [4.78, 5) is 11.5. The highest BCUT2D eigenvalue weighted by atomic mass is 32.2. The minimum Gasteiger partial charge on any atom is -0.495 e. The van der Waals surface area contributed by atoms with Crippen LogP contribution < -0.4 is 10.1 Å². The molecule has 0 atom stereocenters. The van der Waals surface area contributed by atoms with Crippen LogP contribution in [0.4, 0.5) is 5.69 Å². The number of carbonyl (C=O) groups is 1. The molecule has 2 N–H and O–H groups in total. The third-order valence-corrected chi connectivity index (χ3v) is 2.61. The Labute approximate surface area is 111 Å². The van der Waals surface area contributed by atoms with Gasteiger partial charge in [0.25, 0.3) is 0 Å². The van der Waals surface area contributed by atoms with Gasteiger partial charge in [0.2, 0.25) is 5.91 Å². The van der Waals surface area contributed by atoms with E-state index in [9.17, 15) is 4.79 Å². The van der Waals surface area contributed by atoms with E-state index in [-0.39, 0.29) is 12.5 Å². The highest BCUT2D eigenvalue weighted by Gasteiger charge is 2.07. The number of benzene rings is 1. The lowest BCUT2D eigenvalue weighted by molar-refractivity contribution is -0.113. The number of hydrogen-bond donors (Lipinski definition) is 2. The van der Waals surface area contributed by atoms with Crippen LogP contribution in [0.5, 0.6) is 5.75 Å². The van der Waals surface area contributed by atoms with Gasteiger partial charge in [-0.1, -0.05) is 11.8 Å². The summed E-state index contributed by atoms with van der Waals surface area (Å²) < 4.78 is 5.16. The third kappa shape index (κ3) is 4.32. The Morgan fingerprint density at radius 1 is 1.56 bits per heavy atom. The van der Waals surface area contributed by atoms with Crippen LogP contribution >= 0.6 is 11.8 Å². The van der Waals surface area contributed by atoms with Crippen molar-refractivity contribution >= 4 is 23.4 Å². The quantitative estimate of drug-likeness (QED) is 0.807. The number of aliphatic hydroxyl groups is 1. The Balaban J connectivity index is 2.95. The molecule has 1 rings (SSSR count). The summed E-state index contributed by atoms with van der Waals surface area (Å²) in [6.07, 6.45) is 1.86. The standard InChI is InChI=1S/C13H15NO3S/c1-17-12-6-5-10(4-3-7-15)8-11(12)14-13(16)9-18-2/h5-6,8,15H,7,9H2,1-2H3,(H,14,16). The zero-order valence-corrected chi connectivity index (χ0v) is 11.1. The van der Waals surface area contributed by atoms with Gasteiger partial charge in [-0.15, -0.1) is 0 Å². The van der Waals surface area contributed by atoms with Crippen molar-refractivity contribution in [1.29, 1.82) is 0 Å². The van der Waals surface area contributed by atoms with Crippen molar-refractivity contribution in [3.63, 3.8) is 0 Å². The molecule has 0 heterocycles.